The van der Waals surface area contributed by atoms with Gasteiger partial charge in [0.15, 0.2) is 0 Å². The topological polar surface area (TPSA) is 92.9 Å². The first-order valence-corrected chi connectivity index (χ1v) is 7.95. The molecule has 1 aromatic rings. The van der Waals surface area contributed by atoms with Crippen LogP contribution in [0.2, 0.25) is 0 Å². The first kappa shape index (κ1) is 14.7. The molecule has 6 nitrogen and oxygen atoms in total. The Bertz CT molecular complexity index is 564. The first-order chi connectivity index (χ1) is 8.96. The fourth-order valence-corrected chi connectivity index (χ4v) is 4.49. The van der Waals surface area contributed by atoms with E-state index in [1.165, 1.54) is 10.4 Å². The minimum absolute atomic E-state index is 0.104. The van der Waals surface area contributed by atoms with E-state index < -0.39 is 16.1 Å². The highest BCUT2D eigenvalue weighted by Crippen LogP contribution is 2.28. The zero-order chi connectivity index (χ0) is 14.0. The predicted octanol–water partition coefficient (Wildman–Crippen LogP) is 0.413. The molecular weight excluding hydrogens is 336 g/mol. The van der Waals surface area contributed by atoms with Crippen LogP contribution in [0.4, 0.5) is 5.69 Å². The number of aliphatic hydroxyl groups is 1. The van der Waals surface area contributed by atoms with Crippen molar-refractivity contribution in [1.82, 2.24) is 4.31 Å². The minimum Gasteiger partial charge on any atom is -0.399 e. The van der Waals surface area contributed by atoms with Crippen LogP contribution in [0.3, 0.4) is 0 Å². The van der Waals surface area contributed by atoms with Crippen LogP contribution in [-0.2, 0) is 14.8 Å². The fourth-order valence-electron chi connectivity index (χ4n) is 1.94. The van der Waals surface area contributed by atoms with Crippen LogP contribution >= 0.6 is 15.9 Å². The van der Waals surface area contributed by atoms with E-state index in [-0.39, 0.29) is 24.7 Å². The normalized spacial score (nSPS) is 21.5. The molecule has 0 radical (unpaired) electrons. The number of rotatable bonds is 3. The molecule has 0 saturated carbocycles. The number of halogens is 1. The smallest absolute Gasteiger partial charge is 0.244 e. The Morgan fingerprint density at radius 2 is 2.26 bits per heavy atom. The Morgan fingerprint density at radius 1 is 1.53 bits per heavy atom. The van der Waals surface area contributed by atoms with Gasteiger partial charge in [-0.15, -0.1) is 0 Å². The molecule has 0 amide bonds. The van der Waals surface area contributed by atoms with Gasteiger partial charge in [0.05, 0.1) is 30.8 Å². The number of morpholine rings is 1. The molecule has 2 rings (SSSR count). The molecule has 0 aliphatic carbocycles. The van der Waals surface area contributed by atoms with Gasteiger partial charge < -0.3 is 15.6 Å². The number of aliphatic hydroxyl groups excluding tert-OH is 1. The molecule has 1 fully saturated rings. The van der Waals surface area contributed by atoms with Crippen molar-refractivity contribution >= 4 is 31.6 Å². The number of benzene rings is 1. The summed E-state index contributed by atoms with van der Waals surface area (Å²) in [5, 5.41) is 9.27. The number of nitrogens with two attached hydrogens (primary N) is 1. The lowest BCUT2D eigenvalue weighted by atomic mass is 10.3. The van der Waals surface area contributed by atoms with Crippen LogP contribution in [0.25, 0.3) is 0 Å². The van der Waals surface area contributed by atoms with Gasteiger partial charge in [-0.1, -0.05) is 0 Å². The van der Waals surface area contributed by atoms with Crippen molar-refractivity contribution < 1.29 is 18.3 Å². The number of nitrogen functional groups attached to an aromatic ring is 1. The number of hydrogen-bond acceptors (Lipinski definition) is 5. The second-order valence-corrected chi connectivity index (χ2v) is 6.93. The summed E-state index contributed by atoms with van der Waals surface area (Å²) in [6.45, 7) is 0.444. The number of nitrogens with zero attached hydrogens (tertiary/aromatic N) is 1. The van der Waals surface area contributed by atoms with E-state index in [9.17, 15) is 13.5 Å². The van der Waals surface area contributed by atoms with Gasteiger partial charge in [-0.3, -0.25) is 0 Å². The van der Waals surface area contributed by atoms with Crippen molar-refractivity contribution in [3.8, 4) is 0 Å². The van der Waals surface area contributed by atoms with Crippen molar-refractivity contribution in [3.63, 3.8) is 0 Å². The van der Waals surface area contributed by atoms with E-state index in [1.54, 1.807) is 12.1 Å². The summed E-state index contributed by atoms with van der Waals surface area (Å²) < 4.78 is 32.1. The summed E-state index contributed by atoms with van der Waals surface area (Å²) in [7, 11) is -3.71. The molecule has 1 saturated heterocycles. The van der Waals surface area contributed by atoms with Gasteiger partial charge in [0, 0.05) is 16.7 Å². The van der Waals surface area contributed by atoms with Crippen LogP contribution in [0.1, 0.15) is 0 Å². The van der Waals surface area contributed by atoms with E-state index in [1.807, 2.05) is 0 Å². The van der Waals surface area contributed by atoms with Gasteiger partial charge in [-0.2, -0.15) is 4.31 Å². The fraction of sp³-hybridized carbons (Fsp3) is 0.455. The van der Waals surface area contributed by atoms with Crippen molar-refractivity contribution in [2.45, 2.75) is 10.9 Å². The van der Waals surface area contributed by atoms with Gasteiger partial charge in [0.2, 0.25) is 10.0 Å². The lowest BCUT2D eigenvalue weighted by Gasteiger charge is -2.33. The highest BCUT2D eigenvalue weighted by atomic mass is 79.9. The van der Waals surface area contributed by atoms with E-state index in [2.05, 4.69) is 15.9 Å². The SMILES string of the molecule is Nc1ccc(Br)c(S(=O)(=O)N2CCOCC2CO)c1. The largest absolute Gasteiger partial charge is 0.399 e. The molecule has 1 aliphatic heterocycles. The van der Waals surface area contributed by atoms with Gasteiger partial charge in [0.25, 0.3) is 0 Å². The first-order valence-electron chi connectivity index (χ1n) is 5.72. The molecule has 19 heavy (non-hydrogen) atoms. The maximum absolute atomic E-state index is 12.6. The van der Waals surface area contributed by atoms with Crippen molar-refractivity contribution in [3.05, 3.63) is 22.7 Å². The second-order valence-electron chi connectivity index (χ2n) is 4.22. The summed E-state index contributed by atoms with van der Waals surface area (Å²) in [6, 6.07) is 4.05. The second kappa shape index (κ2) is 5.76. The summed E-state index contributed by atoms with van der Waals surface area (Å²) in [6.07, 6.45) is 0. The maximum atomic E-state index is 12.6. The van der Waals surface area contributed by atoms with Crippen LogP contribution in [-0.4, -0.2) is 50.2 Å². The minimum atomic E-state index is -3.71. The molecule has 1 atom stereocenters. The average Bonchev–Trinajstić information content (AvgIpc) is 2.41. The van der Waals surface area contributed by atoms with E-state index in [0.717, 1.165) is 0 Å². The van der Waals surface area contributed by atoms with E-state index >= 15 is 0 Å². The molecule has 0 spiro atoms. The van der Waals surface area contributed by atoms with Crippen molar-refractivity contribution in [1.29, 1.82) is 0 Å². The highest BCUT2D eigenvalue weighted by Gasteiger charge is 2.34. The maximum Gasteiger partial charge on any atom is 0.244 e. The molecule has 0 aromatic heterocycles. The Labute approximate surface area is 120 Å². The standard InChI is InChI=1S/C11H15BrN2O4S/c12-10-2-1-8(13)5-11(10)19(16,17)14-3-4-18-7-9(14)6-15/h1-2,5,9,15H,3-4,6-7,13H2. The molecule has 8 heteroatoms. The zero-order valence-electron chi connectivity index (χ0n) is 10.1. The third kappa shape index (κ3) is 2.92. The van der Waals surface area contributed by atoms with Crippen LogP contribution in [0.15, 0.2) is 27.6 Å². The third-order valence-electron chi connectivity index (χ3n) is 2.93. The number of hydrogen-bond donors (Lipinski definition) is 2. The molecule has 1 unspecified atom stereocenters. The third-order valence-corrected chi connectivity index (χ3v) is 5.87. The van der Waals surface area contributed by atoms with Crippen molar-refractivity contribution in [2.24, 2.45) is 0 Å². The highest BCUT2D eigenvalue weighted by molar-refractivity contribution is 9.10. The van der Waals surface area contributed by atoms with Crippen LogP contribution in [0.5, 0.6) is 0 Å². The number of anilines is 1. The number of ether oxygens (including phenoxy) is 1. The number of sulfonamides is 1. The summed E-state index contributed by atoms with van der Waals surface area (Å²) in [5.41, 5.74) is 6.01. The van der Waals surface area contributed by atoms with Gasteiger partial charge in [-0.05, 0) is 34.1 Å². The van der Waals surface area contributed by atoms with Gasteiger partial charge >= 0.3 is 0 Å². The quantitative estimate of drug-likeness (QED) is 0.770. The molecule has 1 aliphatic rings. The Morgan fingerprint density at radius 3 is 2.95 bits per heavy atom. The summed E-state index contributed by atoms with van der Waals surface area (Å²) >= 11 is 3.22. The Kier molecular flexibility index (Phi) is 4.46. The molecule has 1 aromatic carbocycles. The zero-order valence-corrected chi connectivity index (χ0v) is 12.5. The monoisotopic (exact) mass is 350 g/mol. The van der Waals surface area contributed by atoms with Crippen LogP contribution in [0, 0.1) is 0 Å². The van der Waals surface area contributed by atoms with E-state index in [4.69, 9.17) is 10.5 Å². The molecule has 106 valence electrons. The lowest BCUT2D eigenvalue weighted by Crippen LogP contribution is -2.50. The lowest BCUT2D eigenvalue weighted by molar-refractivity contribution is 0.0109. The molecule has 0 bridgehead atoms. The van der Waals surface area contributed by atoms with Crippen LogP contribution < -0.4 is 5.73 Å². The van der Waals surface area contributed by atoms with Gasteiger partial charge in [-0.25, -0.2) is 8.42 Å². The molecule has 1 heterocycles. The predicted molar refractivity (Wildman–Crippen MR) is 74.1 cm³/mol. The van der Waals surface area contributed by atoms with Crippen molar-refractivity contribution in [2.75, 3.05) is 32.1 Å². The van der Waals surface area contributed by atoms with Gasteiger partial charge in [0.1, 0.15) is 0 Å². The summed E-state index contributed by atoms with van der Waals surface area (Å²) in [5.74, 6) is 0. The Hall–Kier alpha value is -0.670. The average molecular weight is 351 g/mol. The Balaban J connectivity index is 2.43. The molecular formula is C11H15BrN2O4S. The summed E-state index contributed by atoms with van der Waals surface area (Å²) in [4.78, 5) is 0.104. The molecule has 3 N–H and O–H groups in total. The van der Waals surface area contributed by atoms with E-state index in [0.29, 0.717) is 16.8 Å².